The summed E-state index contributed by atoms with van der Waals surface area (Å²) in [6, 6.07) is 4.83. The van der Waals surface area contributed by atoms with Crippen LogP contribution in [0.5, 0.6) is 0 Å². The zero-order valence-electron chi connectivity index (χ0n) is 12.0. The minimum absolute atomic E-state index is 0.187. The largest absolute Gasteiger partial charge is 0.388 e. The Morgan fingerprint density at radius 2 is 1.73 bits per heavy atom. The number of aromatic nitrogens is 1. The molecule has 3 rings (SSSR count). The minimum atomic E-state index is -0.415. The first-order valence-electron chi connectivity index (χ1n) is 6.62. The number of aliphatic hydroxyl groups excluding tert-OH is 1. The molecule has 2 N–H and O–H groups in total. The van der Waals surface area contributed by atoms with Gasteiger partial charge < -0.3 is 9.63 Å². The summed E-state index contributed by atoms with van der Waals surface area (Å²) in [5.74, 6) is 0.460. The number of anilines is 1. The Morgan fingerprint density at radius 1 is 1.14 bits per heavy atom. The summed E-state index contributed by atoms with van der Waals surface area (Å²) in [5, 5.41) is 16.9. The van der Waals surface area contributed by atoms with Crippen LogP contribution in [0.15, 0.2) is 37.4 Å². The molecule has 0 aliphatic heterocycles. The van der Waals surface area contributed by atoms with Crippen LogP contribution in [0.4, 0.5) is 5.82 Å². The number of hydrogen-bond donors (Lipinski definition) is 2. The van der Waals surface area contributed by atoms with Gasteiger partial charge in [-0.25, -0.2) is 0 Å². The van der Waals surface area contributed by atoms with Crippen LogP contribution in [0.25, 0.3) is 10.8 Å². The third-order valence-corrected chi connectivity index (χ3v) is 3.55. The van der Waals surface area contributed by atoms with Crippen LogP contribution in [0.2, 0.25) is 0 Å². The van der Waals surface area contributed by atoms with Gasteiger partial charge in [-0.2, -0.15) is 5.10 Å². The van der Waals surface area contributed by atoms with E-state index in [-0.39, 0.29) is 23.5 Å². The summed E-state index contributed by atoms with van der Waals surface area (Å²) in [4.78, 5) is 24.6. The third-order valence-electron chi connectivity index (χ3n) is 3.55. The summed E-state index contributed by atoms with van der Waals surface area (Å²) < 4.78 is 4.77. The van der Waals surface area contributed by atoms with E-state index in [9.17, 15) is 9.59 Å². The number of nitrogens with zero attached hydrogens (tertiary/aromatic N) is 2. The molecule has 112 valence electrons. The first kappa shape index (κ1) is 14.2. The van der Waals surface area contributed by atoms with Crippen molar-refractivity contribution in [3.63, 3.8) is 0 Å². The minimum Gasteiger partial charge on any atom is -0.388 e. The summed E-state index contributed by atoms with van der Waals surface area (Å²) in [6.07, 6.45) is 0. The van der Waals surface area contributed by atoms with E-state index in [1.807, 2.05) is 13.8 Å². The molecule has 22 heavy (non-hydrogen) atoms. The standard InChI is InChI=1S/C15H13N3O4/c1-7-3-10-11(4-8(7)2)15(21)13(14(10)20)17-16-12-5-9(6-19)22-18-12/h3-5,19H,6H2,1-2H3,(H,16,18). The number of benzene rings is 1. The zero-order valence-corrected chi connectivity index (χ0v) is 12.0. The number of aryl methyl sites for hydroxylation is 2. The molecule has 0 saturated heterocycles. The average molecular weight is 299 g/mol. The number of nitrogens with one attached hydrogen (secondary N) is 1. The van der Waals surface area contributed by atoms with Crippen molar-refractivity contribution in [1.82, 2.24) is 5.16 Å². The quantitative estimate of drug-likeness (QED) is 0.681. The monoisotopic (exact) mass is 299 g/mol. The van der Waals surface area contributed by atoms with E-state index in [4.69, 9.17) is 9.63 Å². The molecule has 0 saturated carbocycles. The van der Waals surface area contributed by atoms with E-state index in [1.54, 1.807) is 12.1 Å². The van der Waals surface area contributed by atoms with Crippen LogP contribution in [0.3, 0.4) is 0 Å². The Balaban J connectivity index is 2.12. The van der Waals surface area contributed by atoms with E-state index < -0.39 is 10.9 Å². The highest BCUT2D eigenvalue weighted by Gasteiger charge is 2.12. The molecule has 0 spiro atoms. The summed E-state index contributed by atoms with van der Waals surface area (Å²) in [6.45, 7) is 3.46. The zero-order chi connectivity index (χ0) is 15.9. The Kier molecular flexibility index (Phi) is 3.34. The molecule has 0 fully saturated rings. The first-order valence-corrected chi connectivity index (χ1v) is 6.62. The van der Waals surface area contributed by atoms with Gasteiger partial charge in [0.1, 0.15) is 6.61 Å². The Morgan fingerprint density at radius 3 is 2.23 bits per heavy atom. The molecule has 1 aromatic heterocycles. The molecular weight excluding hydrogens is 286 g/mol. The van der Waals surface area contributed by atoms with Crippen LogP contribution in [-0.2, 0) is 6.61 Å². The maximum absolute atomic E-state index is 12.3. The van der Waals surface area contributed by atoms with Crippen molar-refractivity contribution in [3.8, 4) is 0 Å². The van der Waals surface area contributed by atoms with Gasteiger partial charge in [0.2, 0.25) is 10.9 Å². The van der Waals surface area contributed by atoms with E-state index in [1.165, 1.54) is 6.07 Å². The summed E-state index contributed by atoms with van der Waals surface area (Å²) in [7, 11) is 0. The van der Waals surface area contributed by atoms with E-state index in [0.717, 1.165) is 11.1 Å². The van der Waals surface area contributed by atoms with Crippen LogP contribution in [0, 0.1) is 13.8 Å². The predicted molar refractivity (Wildman–Crippen MR) is 79.9 cm³/mol. The molecule has 0 unspecified atom stereocenters. The fourth-order valence-corrected chi connectivity index (χ4v) is 2.21. The van der Waals surface area contributed by atoms with Gasteiger partial charge in [-0.3, -0.25) is 15.0 Å². The van der Waals surface area contributed by atoms with Crippen molar-refractivity contribution < 1.29 is 9.63 Å². The average Bonchev–Trinajstić information content (AvgIpc) is 3.04. The second kappa shape index (κ2) is 5.19. The van der Waals surface area contributed by atoms with Crippen molar-refractivity contribution in [3.05, 3.63) is 60.9 Å². The van der Waals surface area contributed by atoms with Crippen LogP contribution in [0.1, 0.15) is 16.9 Å². The lowest BCUT2D eigenvalue weighted by Gasteiger charge is -1.97. The Bertz CT molecular complexity index is 954. The van der Waals surface area contributed by atoms with E-state index >= 15 is 0 Å². The van der Waals surface area contributed by atoms with Gasteiger partial charge in [0, 0.05) is 16.8 Å². The number of aliphatic hydroxyl groups is 1. The molecule has 3 aromatic rings. The second-order valence-corrected chi connectivity index (χ2v) is 5.05. The van der Waals surface area contributed by atoms with Gasteiger partial charge in [0.05, 0.1) is 0 Å². The SMILES string of the molecule is Cc1cc2c(=O)c(=NNc3cc(CO)on3)c(=O)c2cc1C. The van der Waals surface area contributed by atoms with Gasteiger partial charge >= 0.3 is 0 Å². The topological polar surface area (TPSA) is 105 Å². The number of rotatable bonds is 3. The van der Waals surface area contributed by atoms with Crippen molar-refractivity contribution in [1.29, 1.82) is 0 Å². The van der Waals surface area contributed by atoms with Crippen molar-refractivity contribution in [2.75, 3.05) is 5.43 Å². The van der Waals surface area contributed by atoms with Gasteiger partial charge in [-0.05, 0) is 37.1 Å². The van der Waals surface area contributed by atoms with Crippen molar-refractivity contribution in [2.24, 2.45) is 5.10 Å². The highest BCUT2D eigenvalue weighted by molar-refractivity contribution is 5.85. The molecule has 0 bridgehead atoms. The van der Waals surface area contributed by atoms with Crippen LogP contribution >= 0.6 is 0 Å². The third kappa shape index (κ3) is 2.21. The maximum atomic E-state index is 12.3. The maximum Gasteiger partial charge on any atom is 0.217 e. The lowest BCUT2D eigenvalue weighted by atomic mass is 10.1. The molecule has 0 amide bonds. The molecule has 7 nitrogen and oxygen atoms in total. The van der Waals surface area contributed by atoms with Gasteiger partial charge in [-0.15, -0.1) is 0 Å². The fourth-order valence-electron chi connectivity index (χ4n) is 2.21. The molecule has 0 aliphatic carbocycles. The van der Waals surface area contributed by atoms with Crippen LogP contribution < -0.4 is 21.6 Å². The van der Waals surface area contributed by atoms with Crippen molar-refractivity contribution in [2.45, 2.75) is 20.5 Å². The molecule has 7 heteroatoms. The number of fused-ring (bicyclic) bond motifs is 1. The van der Waals surface area contributed by atoms with Gasteiger partial charge in [0.25, 0.3) is 0 Å². The highest BCUT2D eigenvalue weighted by Crippen LogP contribution is 2.13. The second-order valence-electron chi connectivity index (χ2n) is 5.05. The molecule has 0 aliphatic rings. The Hall–Kier alpha value is -2.80. The molecule has 0 radical (unpaired) electrons. The summed E-state index contributed by atoms with van der Waals surface area (Å²) in [5.41, 5.74) is 3.55. The highest BCUT2D eigenvalue weighted by atomic mass is 16.5. The normalized spacial score (nSPS) is 11.0. The Labute approximate surface area is 124 Å². The van der Waals surface area contributed by atoms with Gasteiger partial charge in [0.15, 0.2) is 16.9 Å². The fraction of sp³-hybridized carbons (Fsp3) is 0.200. The lowest BCUT2D eigenvalue weighted by Crippen LogP contribution is -2.32. The van der Waals surface area contributed by atoms with E-state index in [2.05, 4.69) is 15.7 Å². The van der Waals surface area contributed by atoms with Crippen LogP contribution in [-0.4, -0.2) is 10.3 Å². The molecular formula is C15H13N3O4. The van der Waals surface area contributed by atoms with E-state index in [0.29, 0.717) is 10.8 Å². The van der Waals surface area contributed by atoms with Gasteiger partial charge in [-0.1, -0.05) is 5.16 Å². The first-order chi connectivity index (χ1) is 10.5. The predicted octanol–water partition coefficient (Wildman–Crippen LogP) is 0.461. The summed E-state index contributed by atoms with van der Waals surface area (Å²) >= 11 is 0. The number of hydrogen-bond acceptors (Lipinski definition) is 7. The smallest absolute Gasteiger partial charge is 0.217 e. The van der Waals surface area contributed by atoms with Crippen molar-refractivity contribution >= 4 is 16.6 Å². The molecule has 2 aromatic carbocycles. The molecule has 1 heterocycles. The molecule has 0 atom stereocenters. The lowest BCUT2D eigenvalue weighted by molar-refractivity contribution is 0.229.